The van der Waals surface area contributed by atoms with Crippen LogP contribution in [-0.2, 0) is 0 Å². The van der Waals surface area contributed by atoms with Crippen LogP contribution in [0.1, 0.15) is 12.8 Å². The number of hydrogen-bond donors (Lipinski definition) is 2. The molecule has 1 saturated carbocycles. The highest BCUT2D eigenvalue weighted by Crippen LogP contribution is 2.40. The molecule has 1 atom stereocenters. The lowest BCUT2D eigenvalue weighted by atomic mass is 9.93. The van der Waals surface area contributed by atoms with Gasteiger partial charge in [-0.15, -0.1) is 0 Å². The van der Waals surface area contributed by atoms with E-state index in [1.807, 2.05) is 31.3 Å². The Morgan fingerprint density at radius 2 is 2.00 bits per heavy atom. The smallest absolute Gasteiger partial charge is 0.119 e. The molecule has 0 spiro atoms. The van der Waals surface area contributed by atoms with Crippen molar-refractivity contribution in [2.75, 3.05) is 39.3 Å². The van der Waals surface area contributed by atoms with Crippen LogP contribution in [0.4, 0.5) is 5.69 Å². The summed E-state index contributed by atoms with van der Waals surface area (Å²) in [5.74, 6) is 1.45. The minimum Gasteiger partial charge on any atom is -0.497 e. The second-order valence-electron chi connectivity index (χ2n) is 5.39. The van der Waals surface area contributed by atoms with Crippen LogP contribution in [0.15, 0.2) is 24.3 Å². The summed E-state index contributed by atoms with van der Waals surface area (Å²) in [5, 5.41) is 13.1. The highest BCUT2D eigenvalue weighted by molar-refractivity contribution is 5.49. The molecule has 2 rings (SSSR count). The number of aliphatic hydroxyl groups is 1. The van der Waals surface area contributed by atoms with Crippen molar-refractivity contribution >= 4 is 5.69 Å². The van der Waals surface area contributed by atoms with Crippen molar-refractivity contribution in [1.29, 1.82) is 0 Å². The van der Waals surface area contributed by atoms with Crippen LogP contribution in [0.25, 0.3) is 0 Å². The van der Waals surface area contributed by atoms with Gasteiger partial charge < -0.3 is 20.1 Å². The molecule has 19 heavy (non-hydrogen) atoms. The Labute approximate surface area is 115 Å². The highest BCUT2D eigenvalue weighted by Gasteiger charge is 2.44. The maximum absolute atomic E-state index is 9.76. The third-order valence-electron chi connectivity index (χ3n) is 4.17. The second-order valence-corrected chi connectivity index (χ2v) is 5.39. The van der Waals surface area contributed by atoms with Crippen LogP contribution in [0.2, 0.25) is 0 Å². The molecule has 1 aromatic rings. The number of likely N-dealkylation sites (N-methyl/N-ethyl adjacent to an activating group) is 2. The van der Waals surface area contributed by atoms with E-state index in [2.05, 4.69) is 17.3 Å². The molecular formula is C15H24N2O2. The van der Waals surface area contributed by atoms with Crippen molar-refractivity contribution in [3.8, 4) is 5.75 Å². The fraction of sp³-hybridized carbons (Fsp3) is 0.600. The van der Waals surface area contributed by atoms with Crippen LogP contribution in [0.5, 0.6) is 5.75 Å². The van der Waals surface area contributed by atoms with E-state index in [0.717, 1.165) is 18.0 Å². The van der Waals surface area contributed by atoms with E-state index in [1.54, 1.807) is 7.11 Å². The summed E-state index contributed by atoms with van der Waals surface area (Å²) in [6.45, 7) is 0.978. The minimum absolute atomic E-state index is 0.175. The first-order valence-corrected chi connectivity index (χ1v) is 6.80. The molecule has 1 fully saturated rings. The molecule has 4 nitrogen and oxygen atoms in total. The van der Waals surface area contributed by atoms with E-state index >= 15 is 0 Å². The number of methoxy groups -OCH3 is 1. The predicted octanol–water partition coefficient (Wildman–Crippen LogP) is 1.49. The lowest BCUT2D eigenvalue weighted by Crippen LogP contribution is -2.56. The number of aliphatic hydroxyl groups excluding tert-OH is 1. The van der Waals surface area contributed by atoms with Crippen LogP contribution in [0, 0.1) is 5.92 Å². The van der Waals surface area contributed by atoms with E-state index in [0.29, 0.717) is 5.92 Å². The molecule has 4 heteroatoms. The fourth-order valence-electron chi connectivity index (χ4n) is 2.66. The number of nitrogens with zero attached hydrogens (tertiary/aromatic N) is 1. The van der Waals surface area contributed by atoms with Crippen LogP contribution in [0.3, 0.4) is 0 Å². The summed E-state index contributed by atoms with van der Waals surface area (Å²) in [7, 11) is 5.67. The second kappa shape index (κ2) is 5.80. The summed E-state index contributed by atoms with van der Waals surface area (Å²) in [6, 6.07) is 8.01. The van der Waals surface area contributed by atoms with Gasteiger partial charge in [-0.3, -0.25) is 0 Å². The molecule has 1 unspecified atom stereocenters. The van der Waals surface area contributed by atoms with Crippen LogP contribution >= 0.6 is 0 Å². The first-order chi connectivity index (χ1) is 9.15. The summed E-state index contributed by atoms with van der Waals surface area (Å²) >= 11 is 0. The molecular weight excluding hydrogens is 240 g/mol. The molecule has 0 radical (unpaired) electrons. The van der Waals surface area contributed by atoms with Crippen molar-refractivity contribution in [3.63, 3.8) is 0 Å². The number of anilines is 1. The number of rotatable bonds is 7. The van der Waals surface area contributed by atoms with Crippen molar-refractivity contribution in [2.45, 2.75) is 18.4 Å². The Kier molecular flexibility index (Phi) is 4.32. The molecule has 0 bridgehead atoms. The van der Waals surface area contributed by atoms with Gasteiger partial charge in [-0.1, -0.05) is 0 Å². The molecule has 0 aliphatic heterocycles. The summed E-state index contributed by atoms with van der Waals surface area (Å²) in [4.78, 5) is 2.18. The van der Waals surface area contributed by atoms with Gasteiger partial charge in [-0.25, -0.2) is 0 Å². The zero-order chi connectivity index (χ0) is 13.9. The van der Waals surface area contributed by atoms with Crippen molar-refractivity contribution in [2.24, 2.45) is 5.92 Å². The first kappa shape index (κ1) is 14.2. The predicted molar refractivity (Wildman–Crippen MR) is 77.9 cm³/mol. The van der Waals surface area contributed by atoms with Gasteiger partial charge >= 0.3 is 0 Å². The maximum atomic E-state index is 9.76. The Balaban J connectivity index is 2.07. The van der Waals surface area contributed by atoms with Crippen LogP contribution < -0.4 is 15.0 Å². The maximum Gasteiger partial charge on any atom is 0.119 e. The lowest BCUT2D eigenvalue weighted by Gasteiger charge is -2.36. The monoisotopic (exact) mass is 264 g/mol. The normalized spacial score (nSPS) is 17.9. The molecule has 0 heterocycles. The molecule has 1 aliphatic carbocycles. The summed E-state index contributed by atoms with van der Waals surface area (Å²) in [5.41, 5.74) is 0.948. The van der Waals surface area contributed by atoms with Gasteiger partial charge in [0.15, 0.2) is 0 Å². The average molecular weight is 264 g/mol. The van der Waals surface area contributed by atoms with Crippen molar-refractivity contribution < 1.29 is 9.84 Å². The van der Waals surface area contributed by atoms with Crippen molar-refractivity contribution in [3.05, 3.63) is 24.3 Å². The molecule has 0 saturated heterocycles. The van der Waals surface area contributed by atoms with E-state index < -0.39 is 0 Å². The largest absolute Gasteiger partial charge is 0.497 e. The zero-order valence-electron chi connectivity index (χ0n) is 12.0. The molecule has 0 aromatic heterocycles. The number of ether oxygens (including phenoxy) is 1. The first-order valence-electron chi connectivity index (χ1n) is 6.80. The molecule has 1 aromatic carbocycles. The summed E-state index contributed by atoms with van der Waals surface area (Å²) < 4.78 is 5.17. The molecule has 1 aliphatic rings. The quantitative estimate of drug-likeness (QED) is 0.783. The van der Waals surface area contributed by atoms with E-state index in [1.165, 1.54) is 12.8 Å². The Morgan fingerprint density at radius 1 is 1.37 bits per heavy atom. The third-order valence-corrected chi connectivity index (χ3v) is 4.17. The zero-order valence-corrected chi connectivity index (χ0v) is 12.0. The lowest BCUT2D eigenvalue weighted by molar-refractivity contribution is 0.153. The molecule has 2 N–H and O–H groups in total. The third kappa shape index (κ3) is 3.01. The van der Waals surface area contributed by atoms with E-state index in [4.69, 9.17) is 4.74 Å². The Morgan fingerprint density at radius 3 is 2.42 bits per heavy atom. The summed E-state index contributed by atoms with van der Waals surface area (Å²) in [6.07, 6.45) is 2.41. The highest BCUT2D eigenvalue weighted by atomic mass is 16.5. The van der Waals surface area contributed by atoms with Gasteiger partial charge in [0.05, 0.1) is 19.3 Å². The van der Waals surface area contributed by atoms with E-state index in [9.17, 15) is 5.11 Å². The number of hydrogen-bond acceptors (Lipinski definition) is 4. The Bertz CT molecular complexity index is 397. The topological polar surface area (TPSA) is 44.7 Å². The van der Waals surface area contributed by atoms with Gasteiger partial charge in [0.2, 0.25) is 0 Å². The van der Waals surface area contributed by atoms with Gasteiger partial charge in [0.25, 0.3) is 0 Å². The molecule has 0 amide bonds. The van der Waals surface area contributed by atoms with Gasteiger partial charge in [0.1, 0.15) is 5.75 Å². The van der Waals surface area contributed by atoms with Crippen molar-refractivity contribution in [1.82, 2.24) is 5.32 Å². The fourth-order valence-corrected chi connectivity index (χ4v) is 2.66. The van der Waals surface area contributed by atoms with Gasteiger partial charge in [-0.2, -0.15) is 0 Å². The minimum atomic E-state index is -0.186. The van der Waals surface area contributed by atoms with Gasteiger partial charge in [-0.05, 0) is 50.1 Å². The number of benzene rings is 1. The Hall–Kier alpha value is -1.26. The average Bonchev–Trinajstić information content (AvgIpc) is 3.30. The van der Waals surface area contributed by atoms with E-state index in [-0.39, 0.29) is 12.1 Å². The standard InChI is InChI=1S/C15H24N2O2/c1-16-15(11-18,12-4-5-12)10-17(2)13-6-8-14(19-3)9-7-13/h6-9,12,16,18H,4-5,10-11H2,1-3H3. The SMILES string of the molecule is CNC(CO)(CN(C)c1ccc(OC)cc1)C1CC1. The number of nitrogens with one attached hydrogen (secondary N) is 1. The van der Waals surface area contributed by atoms with Crippen LogP contribution in [-0.4, -0.2) is 45.0 Å². The molecule has 106 valence electrons. The van der Waals surface area contributed by atoms with Gasteiger partial charge in [0, 0.05) is 19.3 Å².